The van der Waals surface area contributed by atoms with Gasteiger partial charge in [0.05, 0.1) is 39.9 Å². The number of allylic oxidation sites excluding steroid dienone is 5. The minimum Gasteiger partial charge on any atom is -0.387 e. The fraction of sp³-hybridized carbons (Fsp3) is 0.885. The van der Waals surface area contributed by atoms with Gasteiger partial charge in [-0.25, -0.2) is 4.57 Å². The molecule has 3 unspecified atom stereocenters. The van der Waals surface area contributed by atoms with Crippen LogP contribution in [0.2, 0.25) is 0 Å². The molecule has 0 rings (SSSR count). The third-order valence-electron chi connectivity index (χ3n) is 13.9. The molecule has 0 bridgehead atoms. The van der Waals surface area contributed by atoms with Crippen LogP contribution in [0.15, 0.2) is 36.5 Å². The topological polar surface area (TPSA) is 105 Å². The molecule has 3 atom stereocenters. The average molecular weight is 1010 g/mol. The van der Waals surface area contributed by atoms with E-state index in [0.717, 1.165) is 44.9 Å². The molecule has 9 heteroatoms. The van der Waals surface area contributed by atoms with Crippen LogP contribution in [0.25, 0.3) is 0 Å². The summed E-state index contributed by atoms with van der Waals surface area (Å²) in [7, 11) is 1.58. The summed E-state index contributed by atoms with van der Waals surface area (Å²) in [5.41, 5.74) is 0. The summed E-state index contributed by atoms with van der Waals surface area (Å²) in [6.45, 7) is 4.84. The highest BCUT2D eigenvalue weighted by atomic mass is 31.2. The monoisotopic (exact) mass is 1010 g/mol. The van der Waals surface area contributed by atoms with Crippen LogP contribution in [0.5, 0.6) is 0 Å². The highest BCUT2D eigenvalue weighted by molar-refractivity contribution is 7.47. The van der Waals surface area contributed by atoms with Gasteiger partial charge in [0.25, 0.3) is 0 Å². The number of unbranched alkanes of at least 4 members (excludes halogenated alkanes) is 39. The Hall–Kier alpha value is -1.28. The Morgan fingerprint density at radius 3 is 1.17 bits per heavy atom. The molecule has 0 saturated heterocycles. The molecule has 8 nitrogen and oxygen atoms in total. The molecule has 1 amide bonds. The molecule has 414 valence electrons. The first-order valence-electron chi connectivity index (χ1n) is 30.4. The van der Waals surface area contributed by atoms with E-state index < -0.39 is 20.0 Å². The van der Waals surface area contributed by atoms with E-state index in [-0.39, 0.29) is 19.1 Å². The number of amides is 1. The van der Waals surface area contributed by atoms with E-state index in [0.29, 0.717) is 17.4 Å². The van der Waals surface area contributed by atoms with Gasteiger partial charge in [-0.1, -0.05) is 275 Å². The van der Waals surface area contributed by atoms with E-state index in [1.807, 2.05) is 27.2 Å². The van der Waals surface area contributed by atoms with Crippen molar-refractivity contribution in [3.63, 3.8) is 0 Å². The Kier molecular flexibility index (Phi) is 51.6. The third kappa shape index (κ3) is 54.5. The summed E-state index contributed by atoms with van der Waals surface area (Å²) in [4.78, 5) is 23.3. The Bertz CT molecular complexity index is 1230. The Morgan fingerprint density at radius 1 is 0.486 bits per heavy atom. The molecule has 0 aromatic heterocycles. The molecule has 0 aliphatic carbocycles. The smallest absolute Gasteiger partial charge is 0.387 e. The van der Waals surface area contributed by atoms with Crippen molar-refractivity contribution >= 4 is 13.7 Å². The van der Waals surface area contributed by atoms with Crippen LogP contribution in [-0.2, 0) is 18.4 Å². The maximum absolute atomic E-state index is 13.0. The molecule has 70 heavy (non-hydrogen) atoms. The Morgan fingerprint density at radius 2 is 0.814 bits per heavy atom. The summed E-state index contributed by atoms with van der Waals surface area (Å²) in [6.07, 6.45) is 68.3. The highest BCUT2D eigenvalue weighted by Gasteiger charge is 2.27. The van der Waals surface area contributed by atoms with Gasteiger partial charge in [-0.2, -0.15) is 0 Å². The van der Waals surface area contributed by atoms with E-state index in [2.05, 4.69) is 43.5 Å². The molecule has 0 heterocycles. The molecule has 3 N–H and O–H groups in total. The molecule has 0 aromatic carbocycles. The number of aliphatic hydroxyl groups is 1. The number of likely N-dealkylation sites (N-methyl/N-ethyl adjacent to an activating group) is 1. The molecule has 0 aromatic rings. The van der Waals surface area contributed by atoms with Crippen molar-refractivity contribution in [3.8, 4) is 0 Å². The number of quaternary nitrogens is 1. The van der Waals surface area contributed by atoms with Gasteiger partial charge in [0.2, 0.25) is 5.91 Å². The summed E-state index contributed by atoms with van der Waals surface area (Å²) >= 11 is 0. The number of phosphoric acid groups is 1. The maximum Gasteiger partial charge on any atom is 0.472 e. The minimum absolute atomic E-state index is 0.0629. The van der Waals surface area contributed by atoms with Crippen molar-refractivity contribution in [2.75, 3.05) is 40.9 Å². The first-order chi connectivity index (χ1) is 34.0. The van der Waals surface area contributed by atoms with Crippen LogP contribution < -0.4 is 5.32 Å². The van der Waals surface area contributed by atoms with Gasteiger partial charge in [0, 0.05) is 6.42 Å². The lowest BCUT2D eigenvalue weighted by Gasteiger charge is -2.25. The highest BCUT2D eigenvalue weighted by Crippen LogP contribution is 2.43. The van der Waals surface area contributed by atoms with Crippen molar-refractivity contribution in [1.82, 2.24) is 5.32 Å². The molecule has 0 fully saturated rings. The Labute approximate surface area is 436 Å². The van der Waals surface area contributed by atoms with Crippen LogP contribution in [0.4, 0.5) is 0 Å². The number of hydrogen-bond donors (Lipinski definition) is 3. The van der Waals surface area contributed by atoms with Gasteiger partial charge in [0.15, 0.2) is 0 Å². The van der Waals surface area contributed by atoms with Gasteiger partial charge < -0.3 is 19.8 Å². The molecular formula is C61H120N2O6P+. The molecule has 0 aliphatic rings. The fourth-order valence-electron chi connectivity index (χ4n) is 9.08. The summed E-state index contributed by atoms with van der Waals surface area (Å²) in [6, 6.07) is -0.845. The van der Waals surface area contributed by atoms with E-state index in [1.165, 1.54) is 231 Å². The molecular weight excluding hydrogens is 888 g/mol. The molecule has 0 spiro atoms. The van der Waals surface area contributed by atoms with Crippen LogP contribution in [0, 0.1) is 0 Å². The fourth-order valence-corrected chi connectivity index (χ4v) is 9.81. The van der Waals surface area contributed by atoms with Crippen LogP contribution in [0.3, 0.4) is 0 Å². The van der Waals surface area contributed by atoms with Crippen molar-refractivity contribution in [2.24, 2.45) is 0 Å². The standard InChI is InChI=1S/C61H119N2O6P/c1-6-8-10-12-14-16-18-20-22-23-24-25-26-27-28-29-30-31-32-33-34-35-36-37-38-39-41-43-45-47-49-51-53-55-61(65)62-59(58-69-70(66,67)68-57-56-63(3,4)5)60(64)54-52-50-48-46-44-42-40-21-19-17-15-13-11-9-7-2/h24-25,27-28,52,54,59-60,64H,6-23,26,29-51,53,55-58H2,1-5H3,(H-,62,65,66,67)/p+1/b25-24-,28-27-,54-52+. The van der Waals surface area contributed by atoms with Gasteiger partial charge in [-0.3, -0.25) is 13.8 Å². The van der Waals surface area contributed by atoms with Crippen molar-refractivity contribution in [3.05, 3.63) is 36.5 Å². The van der Waals surface area contributed by atoms with Crippen LogP contribution >= 0.6 is 7.82 Å². The third-order valence-corrected chi connectivity index (χ3v) is 14.8. The normalized spacial score (nSPS) is 14.1. The van der Waals surface area contributed by atoms with E-state index in [4.69, 9.17) is 9.05 Å². The second-order valence-electron chi connectivity index (χ2n) is 22.1. The quantitative estimate of drug-likeness (QED) is 0.0243. The van der Waals surface area contributed by atoms with Gasteiger partial charge in [0.1, 0.15) is 13.2 Å². The molecule has 0 radical (unpaired) electrons. The van der Waals surface area contributed by atoms with Crippen LogP contribution in [0.1, 0.15) is 296 Å². The predicted octanol–water partition coefficient (Wildman–Crippen LogP) is 18.5. The lowest BCUT2D eigenvalue weighted by Crippen LogP contribution is -2.45. The Balaban J connectivity index is 4.02. The number of carbonyl (C=O) groups is 1. The number of hydrogen-bond acceptors (Lipinski definition) is 5. The van der Waals surface area contributed by atoms with Crippen molar-refractivity contribution in [2.45, 2.75) is 309 Å². The largest absolute Gasteiger partial charge is 0.472 e. The second-order valence-corrected chi connectivity index (χ2v) is 23.5. The zero-order valence-electron chi connectivity index (χ0n) is 47.3. The van der Waals surface area contributed by atoms with Gasteiger partial charge in [-0.05, 0) is 51.4 Å². The second kappa shape index (κ2) is 52.6. The summed E-state index contributed by atoms with van der Waals surface area (Å²) < 4.78 is 23.7. The number of nitrogens with zero attached hydrogens (tertiary/aromatic N) is 1. The first kappa shape index (κ1) is 68.7. The predicted molar refractivity (Wildman–Crippen MR) is 304 cm³/mol. The molecule has 0 aliphatic heterocycles. The van der Waals surface area contributed by atoms with E-state index in [1.54, 1.807) is 6.08 Å². The number of aliphatic hydroxyl groups excluding tert-OH is 1. The maximum atomic E-state index is 13.0. The number of rotatable bonds is 56. The SMILES string of the molecule is CCCCCCCCCCC/C=C\C/C=C\CCCCCCCCCCCCCCCCCCCC(=O)NC(COP(=O)(O)OCC[N+](C)(C)C)C(O)/C=C/CCCCCCCCCCCCCCC. The lowest BCUT2D eigenvalue weighted by molar-refractivity contribution is -0.870. The number of phosphoric ester groups is 1. The minimum atomic E-state index is -4.34. The first-order valence-corrected chi connectivity index (χ1v) is 31.9. The number of nitrogens with one attached hydrogen (secondary N) is 1. The van der Waals surface area contributed by atoms with E-state index in [9.17, 15) is 19.4 Å². The van der Waals surface area contributed by atoms with Crippen LogP contribution in [-0.4, -0.2) is 73.4 Å². The van der Waals surface area contributed by atoms with Crippen molar-refractivity contribution in [1.29, 1.82) is 0 Å². The molecule has 0 saturated carbocycles. The zero-order chi connectivity index (χ0) is 51.3. The van der Waals surface area contributed by atoms with Crippen molar-refractivity contribution < 1.29 is 32.9 Å². The van der Waals surface area contributed by atoms with E-state index >= 15 is 0 Å². The number of carbonyl (C=O) groups excluding carboxylic acids is 1. The summed E-state index contributed by atoms with van der Waals surface area (Å²) in [5.74, 6) is -0.173. The zero-order valence-corrected chi connectivity index (χ0v) is 48.2. The summed E-state index contributed by atoms with van der Waals surface area (Å²) in [5, 5.41) is 13.9. The van der Waals surface area contributed by atoms with Gasteiger partial charge >= 0.3 is 7.82 Å². The van der Waals surface area contributed by atoms with Gasteiger partial charge in [-0.15, -0.1) is 0 Å². The lowest BCUT2D eigenvalue weighted by atomic mass is 10.0. The average Bonchev–Trinajstić information content (AvgIpc) is 3.32.